The molecule has 0 aromatic carbocycles. The van der Waals surface area contributed by atoms with Crippen LogP contribution >= 0.6 is 0 Å². The Hall–Kier alpha value is -1.54. The van der Waals surface area contributed by atoms with E-state index in [1.165, 1.54) is 50.4 Å². The molecule has 7 nitrogen and oxygen atoms in total. The van der Waals surface area contributed by atoms with E-state index in [2.05, 4.69) is 4.98 Å². The van der Waals surface area contributed by atoms with Crippen molar-refractivity contribution in [3.05, 3.63) is 29.6 Å². The van der Waals surface area contributed by atoms with Crippen molar-refractivity contribution >= 4 is 5.91 Å². The highest BCUT2D eigenvalue weighted by Crippen LogP contribution is 2.37. The van der Waals surface area contributed by atoms with Gasteiger partial charge in [-0.15, -0.1) is 0 Å². The Balaban J connectivity index is 1.71. The minimum Gasteiger partial charge on any atom is -0.394 e. The molecule has 2 fully saturated rings. The molecule has 1 N–H and O–H groups in total. The van der Waals surface area contributed by atoms with Crippen LogP contribution in [0.1, 0.15) is 36.9 Å². The number of β-lactam (4-membered cyclic amide) rings is 1. The number of aryl methyl sites for hydroxylation is 1. The SMILES string of the molecule is COCO[C@@]1(Cc2cc(CCCC3CC3)ccn2)C(=O)N(COC)[C@H]1CO. The number of aliphatic hydroxyl groups excluding tert-OH is 1. The summed E-state index contributed by atoms with van der Waals surface area (Å²) in [6, 6.07) is 3.59. The fraction of sp³-hybridized carbons (Fsp3) is 0.700. The maximum atomic E-state index is 12.8. The molecule has 2 atom stereocenters. The number of carbonyl (C=O) groups excluding carboxylic acids is 1. The van der Waals surface area contributed by atoms with E-state index < -0.39 is 11.6 Å². The lowest BCUT2D eigenvalue weighted by Gasteiger charge is -2.54. The van der Waals surface area contributed by atoms with E-state index in [0.29, 0.717) is 6.42 Å². The summed E-state index contributed by atoms with van der Waals surface area (Å²) in [6.07, 6.45) is 8.33. The van der Waals surface area contributed by atoms with Gasteiger partial charge >= 0.3 is 0 Å². The molecule has 1 aliphatic carbocycles. The highest BCUT2D eigenvalue weighted by atomic mass is 16.7. The number of rotatable bonds is 12. The van der Waals surface area contributed by atoms with Crippen molar-refractivity contribution in [2.45, 2.75) is 50.2 Å². The molecule has 150 valence electrons. The van der Waals surface area contributed by atoms with Crippen LogP contribution in [0.15, 0.2) is 18.3 Å². The minimum absolute atomic E-state index is 0.0237. The van der Waals surface area contributed by atoms with Crippen LogP contribution < -0.4 is 0 Å². The standard InChI is InChI=1S/C20H30N2O5/c1-25-13-22-18(12-23)20(19(22)24,27-14-26-2)11-17-10-16(8-9-21-17)5-3-4-15-6-7-15/h8-10,15,18,23H,3-7,11-14H2,1-2H3/t18-,20+/m0/s1. The zero-order chi connectivity index (χ0) is 19.3. The molecule has 0 unspecified atom stereocenters. The van der Waals surface area contributed by atoms with Gasteiger partial charge in [0.25, 0.3) is 5.91 Å². The molecule has 1 saturated heterocycles. The largest absolute Gasteiger partial charge is 0.394 e. The lowest BCUT2D eigenvalue weighted by Crippen LogP contribution is -2.77. The molecular formula is C20H30N2O5. The normalized spacial score (nSPS) is 24.9. The Kier molecular flexibility index (Phi) is 6.81. The van der Waals surface area contributed by atoms with Gasteiger partial charge in [-0.2, -0.15) is 0 Å². The molecule has 7 heteroatoms. The minimum atomic E-state index is -1.16. The van der Waals surface area contributed by atoms with Crippen molar-refractivity contribution in [2.75, 3.05) is 34.4 Å². The second-order valence-corrected chi connectivity index (χ2v) is 7.50. The summed E-state index contributed by atoms with van der Waals surface area (Å²) in [5.74, 6) is 0.725. The summed E-state index contributed by atoms with van der Waals surface area (Å²) in [5, 5.41) is 9.85. The van der Waals surface area contributed by atoms with Gasteiger partial charge in [0.2, 0.25) is 0 Å². The molecule has 1 saturated carbocycles. The van der Waals surface area contributed by atoms with Crippen LogP contribution in [0.4, 0.5) is 0 Å². The molecule has 1 amide bonds. The average Bonchev–Trinajstić information content (AvgIpc) is 3.50. The van der Waals surface area contributed by atoms with Crippen molar-refractivity contribution in [1.29, 1.82) is 0 Å². The highest BCUT2D eigenvalue weighted by Gasteiger charge is 2.62. The van der Waals surface area contributed by atoms with E-state index in [0.717, 1.165) is 18.0 Å². The molecule has 1 aliphatic heterocycles. The Bertz CT molecular complexity index is 637. The molecule has 1 aromatic heterocycles. The summed E-state index contributed by atoms with van der Waals surface area (Å²) < 4.78 is 15.9. The molecular weight excluding hydrogens is 348 g/mol. The summed E-state index contributed by atoms with van der Waals surface area (Å²) in [6.45, 7) is -0.110. The van der Waals surface area contributed by atoms with Gasteiger partial charge in [0.1, 0.15) is 13.5 Å². The van der Waals surface area contributed by atoms with E-state index >= 15 is 0 Å². The van der Waals surface area contributed by atoms with Crippen LogP contribution in [0.2, 0.25) is 0 Å². The number of pyridine rings is 1. The number of amides is 1. The zero-order valence-corrected chi connectivity index (χ0v) is 16.2. The van der Waals surface area contributed by atoms with Crippen LogP contribution in [-0.2, 0) is 31.8 Å². The first-order chi connectivity index (χ1) is 13.1. The lowest BCUT2D eigenvalue weighted by atomic mass is 9.78. The van der Waals surface area contributed by atoms with Crippen molar-refractivity contribution < 1.29 is 24.1 Å². The molecule has 2 aliphatic rings. The maximum Gasteiger partial charge on any atom is 0.259 e. The van der Waals surface area contributed by atoms with E-state index in [9.17, 15) is 9.90 Å². The van der Waals surface area contributed by atoms with Crippen LogP contribution in [0, 0.1) is 5.92 Å². The second-order valence-electron chi connectivity index (χ2n) is 7.50. The third-order valence-electron chi connectivity index (χ3n) is 5.51. The number of ether oxygens (including phenoxy) is 3. The topological polar surface area (TPSA) is 81.1 Å². The fourth-order valence-electron chi connectivity index (χ4n) is 3.86. The number of likely N-dealkylation sites (tertiary alicyclic amines) is 1. The van der Waals surface area contributed by atoms with Crippen molar-refractivity contribution in [2.24, 2.45) is 5.92 Å². The number of aliphatic hydroxyl groups is 1. The van der Waals surface area contributed by atoms with Crippen molar-refractivity contribution in [1.82, 2.24) is 9.88 Å². The number of nitrogens with zero attached hydrogens (tertiary/aromatic N) is 2. The molecule has 0 bridgehead atoms. The van der Waals surface area contributed by atoms with Crippen LogP contribution in [0.5, 0.6) is 0 Å². The molecule has 1 aromatic rings. The maximum absolute atomic E-state index is 12.8. The predicted octanol–water partition coefficient (Wildman–Crippen LogP) is 1.52. The van der Waals surface area contributed by atoms with Crippen LogP contribution in [0.3, 0.4) is 0 Å². The van der Waals surface area contributed by atoms with Gasteiger partial charge in [0.05, 0.1) is 12.6 Å². The monoisotopic (exact) mass is 378 g/mol. The second kappa shape index (κ2) is 9.10. The third-order valence-corrected chi connectivity index (χ3v) is 5.51. The van der Waals surface area contributed by atoms with Gasteiger partial charge in [-0.25, -0.2) is 0 Å². The van der Waals surface area contributed by atoms with E-state index in [1.807, 2.05) is 12.1 Å². The first-order valence-corrected chi connectivity index (χ1v) is 9.62. The molecule has 0 spiro atoms. The van der Waals surface area contributed by atoms with Crippen LogP contribution in [0.25, 0.3) is 0 Å². The van der Waals surface area contributed by atoms with E-state index in [1.54, 1.807) is 6.20 Å². The number of methoxy groups -OCH3 is 2. The number of hydrogen-bond acceptors (Lipinski definition) is 6. The van der Waals surface area contributed by atoms with Gasteiger partial charge < -0.3 is 24.2 Å². The molecule has 0 radical (unpaired) electrons. The average molecular weight is 378 g/mol. The summed E-state index contributed by atoms with van der Waals surface area (Å²) in [7, 11) is 3.03. The van der Waals surface area contributed by atoms with Gasteiger partial charge in [-0.3, -0.25) is 9.78 Å². The molecule has 27 heavy (non-hydrogen) atoms. The number of hydrogen-bond donors (Lipinski definition) is 1. The Morgan fingerprint density at radius 2 is 2.15 bits per heavy atom. The predicted molar refractivity (Wildman–Crippen MR) is 98.9 cm³/mol. The van der Waals surface area contributed by atoms with Gasteiger partial charge in [-0.1, -0.05) is 19.3 Å². The van der Waals surface area contributed by atoms with Gasteiger partial charge in [-0.05, 0) is 36.5 Å². The first-order valence-electron chi connectivity index (χ1n) is 9.62. The number of aromatic nitrogens is 1. The smallest absolute Gasteiger partial charge is 0.259 e. The third kappa shape index (κ3) is 4.48. The van der Waals surface area contributed by atoms with Crippen molar-refractivity contribution in [3.63, 3.8) is 0 Å². The van der Waals surface area contributed by atoms with Crippen molar-refractivity contribution in [3.8, 4) is 0 Å². The lowest BCUT2D eigenvalue weighted by molar-refractivity contribution is -0.237. The highest BCUT2D eigenvalue weighted by molar-refractivity contribution is 5.93. The van der Waals surface area contributed by atoms with E-state index in [-0.39, 0.29) is 26.0 Å². The zero-order valence-electron chi connectivity index (χ0n) is 16.2. The molecule has 2 heterocycles. The number of carbonyl (C=O) groups is 1. The fourth-order valence-corrected chi connectivity index (χ4v) is 3.86. The summed E-state index contributed by atoms with van der Waals surface area (Å²) in [4.78, 5) is 18.7. The first kappa shape index (κ1) is 20.2. The quantitative estimate of drug-likeness (QED) is 0.439. The Morgan fingerprint density at radius 1 is 1.33 bits per heavy atom. The van der Waals surface area contributed by atoms with Gasteiger partial charge in [0, 0.05) is 32.5 Å². The van der Waals surface area contributed by atoms with Crippen LogP contribution in [-0.4, -0.2) is 66.9 Å². The molecule has 3 rings (SSSR count). The summed E-state index contributed by atoms with van der Waals surface area (Å²) in [5.41, 5.74) is 0.852. The Labute approximate surface area is 160 Å². The van der Waals surface area contributed by atoms with E-state index in [4.69, 9.17) is 14.2 Å². The van der Waals surface area contributed by atoms with Gasteiger partial charge in [0.15, 0.2) is 5.60 Å². The summed E-state index contributed by atoms with van der Waals surface area (Å²) >= 11 is 0. The Morgan fingerprint density at radius 3 is 2.81 bits per heavy atom.